The lowest BCUT2D eigenvalue weighted by atomic mass is 10.1. The molecule has 1 N–H and O–H groups in total. The third kappa shape index (κ3) is 7.57. The van der Waals surface area contributed by atoms with Crippen molar-refractivity contribution in [3.8, 4) is 5.75 Å². The predicted octanol–water partition coefficient (Wildman–Crippen LogP) is 3.92. The van der Waals surface area contributed by atoms with Crippen LogP contribution in [0.25, 0.3) is 0 Å². The number of carbonyl (C=O) groups excluding carboxylic acids is 1. The van der Waals surface area contributed by atoms with Crippen molar-refractivity contribution in [1.82, 2.24) is 5.32 Å². The quantitative estimate of drug-likeness (QED) is 0.656. The van der Waals surface area contributed by atoms with Gasteiger partial charge in [0.05, 0.1) is 12.4 Å². The summed E-state index contributed by atoms with van der Waals surface area (Å²) in [7, 11) is 0. The van der Waals surface area contributed by atoms with Crippen LogP contribution in [-0.2, 0) is 11.2 Å². The number of nitrogens with one attached hydrogen (secondary N) is 1. The molecule has 0 atom stereocenters. The van der Waals surface area contributed by atoms with Gasteiger partial charge in [0.15, 0.2) is 0 Å². The van der Waals surface area contributed by atoms with Crippen LogP contribution in [0.1, 0.15) is 5.56 Å². The van der Waals surface area contributed by atoms with Crippen LogP contribution in [0.3, 0.4) is 0 Å². The third-order valence-corrected chi connectivity index (χ3v) is 4.52. The second-order valence-electron chi connectivity index (χ2n) is 4.94. The number of benzene rings is 2. The molecule has 0 aliphatic heterocycles. The van der Waals surface area contributed by atoms with Gasteiger partial charge in [-0.05, 0) is 30.2 Å². The van der Waals surface area contributed by atoms with Gasteiger partial charge in [-0.15, -0.1) is 11.8 Å². The first kappa shape index (κ1) is 17.9. The van der Waals surface area contributed by atoms with E-state index in [1.165, 1.54) is 5.56 Å². The first-order valence-electron chi connectivity index (χ1n) is 7.51. The molecule has 0 unspecified atom stereocenters. The topological polar surface area (TPSA) is 38.3 Å². The van der Waals surface area contributed by atoms with E-state index in [0.717, 1.165) is 22.4 Å². The van der Waals surface area contributed by atoms with Crippen molar-refractivity contribution in [1.29, 1.82) is 0 Å². The molecule has 0 bridgehead atoms. The molecule has 0 saturated heterocycles. The van der Waals surface area contributed by atoms with E-state index in [9.17, 15) is 4.79 Å². The highest BCUT2D eigenvalue weighted by atomic mass is 79.9. The highest BCUT2D eigenvalue weighted by molar-refractivity contribution is 9.10. The van der Waals surface area contributed by atoms with Crippen molar-refractivity contribution in [2.45, 2.75) is 6.42 Å². The minimum absolute atomic E-state index is 0.0772. The molecule has 0 saturated carbocycles. The Morgan fingerprint density at radius 3 is 2.74 bits per heavy atom. The van der Waals surface area contributed by atoms with Gasteiger partial charge in [-0.25, -0.2) is 0 Å². The summed E-state index contributed by atoms with van der Waals surface area (Å²) in [5, 5.41) is 2.94. The van der Waals surface area contributed by atoms with Gasteiger partial charge in [-0.1, -0.05) is 52.3 Å². The second kappa shape index (κ2) is 10.3. The van der Waals surface area contributed by atoms with Crippen molar-refractivity contribution in [2.24, 2.45) is 0 Å². The van der Waals surface area contributed by atoms with Crippen molar-refractivity contribution in [3.05, 3.63) is 64.6 Å². The number of hydrogen-bond donors (Lipinski definition) is 1. The molecule has 2 aromatic carbocycles. The standard InChI is InChI=1S/C18H20BrNO2S/c19-16-7-4-8-17(13-16)22-11-12-23-14-18(21)20-10-9-15-5-2-1-3-6-15/h1-8,13H,9-12,14H2,(H,20,21). The molecule has 0 aliphatic rings. The van der Waals surface area contributed by atoms with Gasteiger partial charge in [0.25, 0.3) is 0 Å². The van der Waals surface area contributed by atoms with E-state index >= 15 is 0 Å². The lowest BCUT2D eigenvalue weighted by Gasteiger charge is -2.07. The van der Waals surface area contributed by atoms with Crippen molar-refractivity contribution in [2.75, 3.05) is 24.7 Å². The largest absolute Gasteiger partial charge is 0.493 e. The van der Waals surface area contributed by atoms with Crippen LogP contribution in [0.2, 0.25) is 0 Å². The molecule has 2 aromatic rings. The average molecular weight is 394 g/mol. The fourth-order valence-electron chi connectivity index (χ4n) is 1.98. The zero-order chi connectivity index (χ0) is 16.3. The molecule has 3 nitrogen and oxygen atoms in total. The molecule has 0 spiro atoms. The molecule has 2 rings (SSSR count). The van der Waals surface area contributed by atoms with Gasteiger partial charge >= 0.3 is 0 Å². The lowest BCUT2D eigenvalue weighted by molar-refractivity contribution is -0.118. The van der Waals surface area contributed by atoms with Gasteiger partial charge in [-0.3, -0.25) is 4.79 Å². The third-order valence-electron chi connectivity index (χ3n) is 3.10. The van der Waals surface area contributed by atoms with Gasteiger partial charge in [0, 0.05) is 16.8 Å². The summed E-state index contributed by atoms with van der Waals surface area (Å²) in [6.45, 7) is 1.27. The SMILES string of the molecule is O=C(CSCCOc1cccc(Br)c1)NCCc1ccccc1. The molecular weight excluding hydrogens is 374 g/mol. The van der Waals surface area contributed by atoms with E-state index in [0.29, 0.717) is 18.9 Å². The van der Waals surface area contributed by atoms with Crippen LogP contribution < -0.4 is 10.1 Å². The molecule has 0 fully saturated rings. The first-order valence-corrected chi connectivity index (χ1v) is 9.45. The molecule has 0 heterocycles. The normalized spacial score (nSPS) is 10.3. The van der Waals surface area contributed by atoms with E-state index in [-0.39, 0.29) is 5.91 Å². The molecule has 1 amide bonds. The molecular formula is C18H20BrNO2S. The van der Waals surface area contributed by atoms with E-state index in [1.807, 2.05) is 42.5 Å². The maximum absolute atomic E-state index is 11.7. The Balaban J connectivity index is 1.51. The van der Waals surface area contributed by atoms with Crippen molar-refractivity contribution < 1.29 is 9.53 Å². The van der Waals surface area contributed by atoms with Crippen LogP contribution in [0.4, 0.5) is 0 Å². The highest BCUT2D eigenvalue weighted by Crippen LogP contribution is 2.17. The maximum Gasteiger partial charge on any atom is 0.230 e. The van der Waals surface area contributed by atoms with E-state index in [2.05, 4.69) is 33.4 Å². The fraction of sp³-hybridized carbons (Fsp3) is 0.278. The Hall–Kier alpha value is -1.46. The number of ether oxygens (including phenoxy) is 1. The molecule has 23 heavy (non-hydrogen) atoms. The second-order valence-corrected chi connectivity index (χ2v) is 6.96. The number of thioether (sulfide) groups is 1. The minimum atomic E-state index is 0.0772. The van der Waals surface area contributed by atoms with E-state index in [4.69, 9.17) is 4.74 Å². The predicted molar refractivity (Wildman–Crippen MR) is 100 cm³/mol. The minimum Gasteiger partial charge on any atom is -0.493 e. The zero-order valence-corrected chi connectivity index (χ0v) is 15.2. The van der Waals surface area contributed by atoms with Crippen molar-refractivity contribution in [3.63, 3.8) is 0 Å². The Morgan fingerprint density at radius 1 is 1.13 bits per heavy atom. The number of hydrogen-bond acceptors (Lipinski definition) is 3. The van der Waals surface area contributed by atoms with Gasteiger partial charge in [0.1, 0.15) is 5.75 Å². The van der Waals surface area contributed by atoms with Gasteiger partial charge in [0.2, 0.25) is 5.91 Å². The summed E-state index contributed by atoms with van der Waals surface area (Å²) in [4.78, 5) is 11.7. The summed E-state index contributed by atoms with van der Waals surface area (Å²) >= 11 is 4.99. The molecule has 0 radical (unpaired) electrons. The summed E-state index contributed by atoms with van der Waals surface area (Å²) < 4.78 is 6.63. The lowest BCUT2D eigenvalue weighted by Crippen LogP contribution is -2.27. The number of carbonyl (C=O) groups is 1. The summed E-state index contributed by atoms with van der Waals surface area (Å²) in [6.07, 6.45) is 0.864. The number of amides is 1. The Bertz CT molecular complexity index is 607. The summed E-state index contributed by atoms with van der Waals surface area (Å²) in [5.41, 5.74) is 1.24. The fourth-order valence-corrected chi connectivity index (χ4v) is 2.99. The Morgan fingerprint density at radius 2 is 1.96 bits per heavy atom. The van der Waals surface area contributed by atoms with Gasteiger partial charge in [-0.2, -0.15) is 0 Å². The summed E-state index contributed by atoms with van der Waals surface area (Å²) in [5.74, 6) is 2.18. The molecule has 122 valence electrons. The maximum atomic E-state index is 11.7. The Kier molecular flexibility index (Phi) is 8.04. The highest BCUT2D eigenvalue weighted by Gasteiger charge is 2.01. The Labute approximate surface area is 149 Å². The van der Waals surface area contributed by atoms with Gasteiger partial charge < -0.3 is 10.1 Å². The molecule has 0 aliphatic carbocycles. The zero-order valence-electron chi connectivity index (χ0n) is 12.8. The van der Waals surface area contributed by atoms with Crippen LogP contribution in [0.15, 0.2) is 59.1 Å². The first-order chi connectivity index (χ1) is 11.2. The van der Waals surface area contributed by atoms with Crippen LogP contribution in [-0.4, -0.2) is 30.6 Å². The van der Waals surface area contributed by atoms with E-state index < -0.39 is 0 Å². The van der Waals surface area contributed by atoms with Crippen LogP contribution >= 0.6 is 27.7 Å². The van der Waals surface area contributed by atoms with Crippen LogP contribution in [0, 0.1) is 0 Å². The number of halogens is 1. The van der Waals surface area contributed by atoms with Crippen LogP contribution in [0.5, 0.6) is 5.75 Å². The molecule has 5 heteroatoms. The smallest absolute Gasteiger partial charge is 0.230 e. The van der Waals surface area contributed by atoms with Crippen molar-refractivity contribution >= 4 is 33.6 Å². The molecule has 0 aromatic heterocycles. The monoisotopic (exact) mass is 393 g/mol. The van der Waals surface area contributed by atoms with E-state index in [1.54, 1.807) is 11.8 Å². The number of rotatable bonds is 9. The average Bonchev–Trinajstić information content (AvgIpc) is 2.55. The summed E-state index contributed by atoms with van der Waals surface area (Å²) in [6, 6.07) is 17.9.